The molecule has 5 heteroatoms. The fourth-order valence-corrected chi connectivity index (χ4v) is 3.14. The van der Waals surface area contributed by atoms with Crippen molar-refractivity contribution in [2.24, 2.45) is 0 Å². The van der Waals surface area contributed by atoms with Crippen LogP contribution in [-0.2, 0) is 4.79 Å². The smallest absolute Gasteiger partial charge is 0.221 e. The number of likely N-dealkylation sites (N-methyl/N-ethyl adjacent to an activating group) is 1. The number of nitrogens with one attached hydrogen (secondary N) is 2. The molecule has 0 heterocycles. The summed E-state index contributed by atoms with van der Waals surface area (Å²) in [5.41, 5.74) is -0.936. The van der Waals surface area contributed by atoms with E-state index in [1.165, 1.54) is 19.3 Å². The predicted octanol–water partition coefficient (Wildman–Crippen LogP) is 0.728. The van der Waals surface area contributed by atoms with Gasteiger partial charge in [0, 0.05) is 25.0 Å². The highest BCUT2D eigenvalue weighted by Crippen LogP contribution is 2.30. The summed E-state index contributed by atoms with van der Waals surface area (Å²) in [6.45, 7) is 2.58. The van der Waals surface area contributed by atoms with Gasteiger partial charge in [-0.2, -0.15) is 0 Å². The molecule has 1 saturated carbocycles. The van der Waals surface area contributed by atoms with Gasteiger partial charge in [-0.15, -0.1) is 0 Å². The van der Waals surface area contributed by atoms with Crippen molar-refractivity contribution in [2.75, 3.05) is 34.2 Å². The van der Waals surface area contributed by atoms with Gasteiger partial charge in [-0.1, -0.05) is 19.3 Å². The van der Waals surface area contributed by atoms with E-state index in [1.54, 1.807) is 6.92 Å². The van der Waals surface area contributed by atoms with Crippen molar-refractivity contribution < 1.29 is 9.90 Å². The Kier molecular flexibility index (Phi) is 6.43. The number of rotatable bonds is 7. The molecule has 0 aromatic heterocycles. The minimum absolute atomic E-state index is 0.0280. The summed E-state index contributed by atoms with van der Waals surface area (Å²) >= 11 is 0. The third-order valence-corrected chi connectivity index (χ3v) is 4.16. The zero-order valence-corrected chi connectivity index (χ0v) is 13.5. The molecule has 118 valence electrons. The number of carbonyl (C=O) groups is 1. The van der Waals surface area contributed by atoms with Crippen LogP contribution in [0.2, 0.25) is 0 Å². The maximum atomic E-state index is 12.1. The van der Waals surface area contributed by atoms with Crippen LogP contribution in [0, 0.1) is 0 Å². The molecule has 1 atom stereocenters. The fraction of sp³-hybridized carbons (Fsp3) is 0.933. The summed E-state index contributed by atoms with van der Waals surface area (Å²) < 4.78 is 0. The first kappa shape index (κ1) is 17.4. The second-order valence-corrected chi connectivity index (χ2v) is 6.78. The van der Waals surface area contributed by atoms with Gasteiger partial charge in [-0.25, -0.2) is 0 Å². The van der Waals surface area contributed by atoms with E-state index in [4.69, 9.17) is 0 Å². The Labute approximate surface area is 123 Å². The zero-order valence-electron chi connectivity index (χ0n) is 13.5. The van der Waals surface area contributed by atoms with Crippen LogP contribution in [0.3, 0.4) is 0 Å². The molecule has 0 radical (unpaired) electrons. The van der Waals surface area contributed by atoms with Crippen LogP contribution < -0.4 is 10.6 Å². The third-order valence-electron chi connectivity index (χ3n) is 4.16. The van der Waals surface area contributed by atoms with E-state index in [1.807, 2.05) is 26.0 Å². The maximum Gasteiger partial charge on any atom is 0.221 e. The highest BCUT2D eigenvalue weighted by molar-refractivity contribution is 5.77. The van der Waals surface area contributed by atoms with E-state index in [9.17, 15) is 9.90 Å². The average Bonchev–Trinajstić information content (AvgIpc) is 2.36. The minimum Gasteiger partial charge on any atom is -0.387 e. The molecule has 1 aliphatic rings. The van der Waals surface area contributed by atoms with Gasteiger partial charge in [0.15, 0.2) is 0 Å². The first-order valence-corrected chi connectivity index (χ1v) is 7.61. The second-order valence-electron chi connectivity index (χ2n) is 6.78. The van der Waals surface area contributed by atoms with Gasteiger partial charge in [-0.3, -0.25) is 4.79 Å². The van der Waals surface area contributed by atoms with Crippen LogP contribution in [0.25, 0.3) is 0 Å². The van der Waals surface area contributed by atoms with Crippen LogP contribution in [0.1, 0.15) is 45.4 Å². The topological polar surface area (TPSA) is 64.6 Å². The van der Waals surface area contributed by atoms with Crippen molar-refractivity contribution in [3.63, 3.8) is 0 Å². The standard InChI is InChI=1S/C15H31N3O2/c1-14(20,12-18(3)4)11-17-13(19)10-15(16-2)8-6-5-7-9-15/h16,20H,5-12H2,1-4H3,(H,17,19). The molecular weight excluding hydrogens is 254 g/mol. The van der Waals surface area contributed by atoms with Gasteiger partial charge in [0.2, 0.25) is 5.91 Å². The SMILES string of the molecule is CNC1(CC(=O)NCC(C)(O)CN(C)C)CCCCC1. The highest BCUT2D eigenvalue weighted by Gasteiger charge is 2.33. The number of carbonyl (C=O) groups excluding carboxylic acids is 1. The van der Waals surface area contributed by atoms with Crippen LogP contribution in [0.4, 0.5) is 0 Å². The van der Waals surface area contributed by atoms with E-state index in [2.05, 4.69) is 10.6 Å². The highest BCUT2D eigenvalue weighted by atomic mass is 16.3. The average molecular weight is 285 g/mol. The second kappa shape index (κ2) is 7.38. The molecule has 1 rings (SSSR count). The molecule has 0 aromatic rings. The van der Waals surface area contributed by atoms with E-state index in [-0.39, 0.29) is 11.4 Å². The lowest BCUT2D eigenvalue weighted by atomic mass is 9.79. The lowest BCUT2D eigenvalue weighted by Gasteiger charge is -2.37. The van der Waals surface area contributed by atoms with Crippen molar-refractivity contribution >= 4 is 5.91 Å². The lowest BCUT2D eigenvalue weighted by Crippen LogP contribution is -2.51. The largest absolute Gasteiger partial charge is 0.387 e. The van der Waals surface area contributed by atoms with E-state index in [0.717, 1.165) is 12.8 Å². The normalized spacial score (nSPS) is 21.5. The Hall–Kier alpha value is -0.650. The van der Waals surface area contributed by atoms with E-state index >= 15 is 0 Å². The van der Waals surface area contributed by atoms with E-state index < -0.39 is 5.60 Å². The maximum absolute atomic E-state index is 12.1. The Morgan fingerprint density at radius 3 is 2.40 bits per heavy atom. The lowest BCUT2D eigenvalue weighted by molar-refractivity contribution is -0.124. The van der Waals surface area contributed by atoms with Gasteiger partial charge >= 0.3 is 0 Å². The predicted molar refractivity (Wildman–Crippen MR) is 81.7 cm³/mol. The van der Waals surface area contributed by atoms with Crippen molar-refractivity contribution in [1.82, 2.24) is 15.5 Å². The van der Waals surface area contributed by atoms with Gasteiger partial charge in [0.1, 0.15) is 0 Å². The summed E-state index contributed by atoms with van der Waals surface area (Å²) in [6.07, 6.45) is 6.26. The summed E-state index contributed by atoms with van der Waals surface area (Å²) in [7, 11) is 5.77. The first-order valence-electron chi connectivity index (χ1n) is 7.61. The monoisotopic (exact) mass is 285 g/mol. The van der Waals surface area contributed by atoms with Gasteiger partial charge in [-0.05, 0) is 40.9 Å². The molecule has 5 nitrogen and oxygen atoms in total. The van der Waals surface area contributed by atoms with Crippen molar-refractivity contribution in [3.05, 3.63) is 0 Å². The molecule has 0 aliphatic heterocycles. The molecule has 0 aromatic carbocycles. The van der Waals surface area contributed by atoms with Gasteiger partial charge < -0.3 is 20.6 Å². The van der Waals surface area contributed by atoms with Crippen molar-refractivity contribution in [2.45, 2.75) is 56.6 Å². The van der Waals surface area contributed by atoms with Gasteiger partial charge in [0.05, 0.1) is 5.60 Å². The number of hydrogen-bond donors (Lipinski definition) is 3. The fourth-order valence-electron chi connectivity index (χ4n) is 3.14. The van der Waals surface area contributed by atoms with Crippen LogP contribution in [0.5, 0.6) is 0 Å². The van der Waals surface area contributed by atoms with Crippen LogP contribution in [-0.4, -0.2) is 61.3 Å². The minimum atomic E-state index is -0.890. The summed E-state index contributed by atoms with van der Waals surface area (Å²) in [4.78, 5) is 14.1. The summed E-state index contributed by atoms with van der Waals surface area (Å²) in [5, 5.41) is 16.4. The molecule has 1 amide bonds. The number of amides is 1. The summed E-state index contributed by atoms with van der Waals surface area (Å²) in [6, 6.07) is 0. The summed E-state index contributed by atoms with van der Waals surface area (Å²) in [5.74, 6) is 0.0280. The zero-order chi connectivity index (χ0) is 15.2. The van der Waals surface area contributed by atoms with Crippen molar-refractivity contribution in [3.8, 4) is 0 Å². The molecule has 0 bridgehead atoms. The van der Waals surface area contributed by atoms with Crippen LogP contribution >= 0.6 is 0 Å². The Morgan fingerprint density at radius 1 is 1.30 bits per heavy atom. The molecule has 0 saturated heterocycles. The Bertz CT molecular complexity index is 310. The Balaban J connectivity index is 2.42. The molecule has 1 unspecified atom stereocenters. The quantitative estimate of drug-likeness (QED) is 0.645. The van der Waals surface area contributed by atoms with E-state index in [0.29, 0.717) is 19.5 Å². The first-order chi connectivity index (χ1) is 9.29. The Morgan fingerprint density at radius 2 is 1.90 bits per heavy atom. The molecule has 1 aliphatic carbocycles. The number of hydrogen-bond acceptors (Lipinski definition) is 4. The van der Waals surface area contributed by atoms with Crippen LogP contribution in [0.15, 0.2) is 0 Å². The molecule has 1 fully saturated rings. The molecule has 20 heavy (non-hydrogen) atoms. The van der Waals surface area contributed by atoms with Gasteiger partial charge in [0.25, 0.3) is 0 Å². The molecular formula is C15H31N3O2. The molecule has 3 N–H and O–H groups in total. The molecule has 0 spiro atoms. The van der Waals surface area contributed by atoms with Crippen molar-refractivity contribution in [1.29, 1.82) is 0 Å². The third kappa shape index (κ3) is 5.77. The number of aliphatic hydroxyl groups is 1. The number of nitrogens with zero attached hydrogens (tertiary/aromatic N) is 1.